The average molecular weight is 224 g/mol. The third-order valence-corrected chi connectivity index (χ3v) is 2.56. The summed E-state index contributed by atoms with van der Waals surface area (Å²) in [5, 5.41) is 0. The number of carbonyl (C=O) groups excluding carboxylic acids is 1. The van der Waals surface area contributed by atoms with Crippen molar-refractivity contribution in [3.8, 4) is 0 Å². The molecule has 0 fully saturated rings. The molecule has 1 heterocycles. The van der Waals surface area contributed by atoms with Crippen LogP contribution in [0.15, 0.2) is 18.2 Å². The number of amides is 1. The van der Waals surface area contributed by atoms with Crippen molar-refractivity contribution in [3.05, 3.63) is 29.8 Å². The van der Waals surface area contributed by atoms with Crippen LogP contribution in [0.1, 0.15) is 30.8 Å². The van der Waals surface area contributed by atoms with E-state index in [0.29, 0.717) is 12.5 Å². The maximum absolute atomic E-state index is 12.8. The molecule has 1 atom stereocenters. The van der Waals surface area contributed by atoms with Gasteiger partial charge < -0.3 is 4.90 Å². The van der Waals surface area contributed by atoms with Gasteiger partial charge in [-0.1, -0.05) is 26.3 Å². The molecule has 0 saturated heterocycles. The van der Waals surface area contributed by atoms with Crippen LogP contribution in [-0.2, 0) is 0 Å². The lowest BCUT2D eigenvalue weighted by atomic mass is 10.1. The van der Waals surface area contributed by atoms with E-state index in [4.69, 9.17) is 0 Å². The number of pyridine rings is 1. The van der Waals surface area contributed by atoms with Crippen LogP contribution in [0.3, 0.4) is 0 Å². The van der Waals surface area contributed by atoms with Crippen LogP contribution in [0.2, 0.25) is 0 Å². The summed E-state index contributed by atoms with van der Waals surface area (Å²) >= 11 is 0. The number of hydrogen-bond donors (Lipinski definition) is 0. The van der Waals surface area contributed by atoms with Gasteiger partial charge in [-0.15, -0.1) is 0 Å². The summed E-state index contributed by atoms with van der Waals surface area (Å²) in [6.07, 6.45) is 1.01. The molecule has 0 N–H and O–H groups in total. The molecule has 0 spiro atoms. The van der Waals surface area contributed by atoms with Crippen molar-refractivity contribution in [1.29, 1.82) is 0 Å². The predicted octanol–water partition coefficient (Wildman–Crippen LogP) is 2.34. The topological polar surface area (TPSA) is 33.2 Å². The summed E-state index contributed by atoms with van der Waals surface area (Å²) in [5.74, 6) is -0.426. The van der Waals surface area contributed by atoms with Crippen molar-refractivity contribution in [2.45, 2.75) is 20.3 Å². The van der Waals surface area contributed by atoms with E-state index in [1.807, 2.05) is 0 Å². The van der Waals surface area contributed by atoms with Crippen LogP contribution in [0.4, 0.5) is 4.39 Å². The Bertz CT molecular complexity index is 368. The van der Waals surface area contributed by atoms with Crippen LogP contribution in [0, 0.1) is 11.9 Å². The largest absolute Gasteiger partial charge is 0.340 e. The predicted molar refractivity (Wildman–Crippen MR) is 60.6 cm³/mol. The maximum atomic E-state index is 12.8. The highest BCUT2D eigenvalue weighted by Crippen LogP contribution is 2.07. The molecule has 88 valence electrons. The molecule has 1 amide bonds. The highest BCUT2D eigenvalue weighted by molar-refractivity contribution is 5.92. The summed E-state index contributed by atoms with van der Waals surface area (Å²) in [7, 11) is 1.71. The van der Waals surface area contributed by atoms with Gasteiger partial charge in [-0.2, -0.15) is 4.39 Å². The second-order valence-corrected chi connectivity index (χ2v) is 4.04. The zero-order valence-corrected chi connectivity index (χ0v) is 9.90. The average Bonchev–Trinajstić information content (AvgIpc) is 2.27. The highest BCUT2D eigenvalue weighted by atomic mass is 19.1. The summed E-state index contributed by atoms with van der Waals surface area (Å²) < 4.78 is 12.8. The Hall–Kier alpha value is -1.45. The standard InChI is InChI=1S/C12H17FN2O/c1-4-9(2)8-15(3)12(16)10-6-5-7-11(13)14-10/h5-7,9H,4,8H2,1-3H3. The lowest BCUT2D eigenvalue weighted by Crippen LogP contribution is -2.31. The van der Waals surface area contributed by atoms with Gasteiger partial charge in [-0.05, 0) is 18.1 Å². The number of rotatable bonds is 4. The molecule has 0 saturated carbocycles. The van der Waals surface area contributed by atoms with Crippen LogP contribution in [-0.4, -0.2) is 29.4 Å². The van der Waals surface area contributed by atoms with Gasteiger partial charge in [0.2, 0.25) is 5.95 Å². The first-order chi connectivity index (χ1) is 7.54. The summed E-state index contributed by atoms with van der Waals surface area (Å²) in [5.41, 5.74) is 0.158. The quantitative estimate of drug-likeness (QED) is 0.735. The van der Waals surface area contributed by atoms with Crippen LogP contribution in [0.25, 0.3) is 0 Å². The zero-order valence-electron chi connectivity index (χ0n) is 9.90. The molecule has 1 rings (SSSR count). The van der Waals surface area contributed by atoms with E-state index in [1.54, 1.807) is 11.9 Å². The van der Waals surface area contributed by atoms with Gasteiger partial charge in [0.15, 0.2) is 0 Å². The first-order valence-electron chi connectivity index (χ1n) is 5.42. The zero-order chi connectivity index (χ0) is 12.1. The highest BCUT2D eigenvalue weighted by Gasteiger charge is 2.15. The molecule has 3 nitrogen and oxygen atoms in total. The van der Waals surface area contributed by atoms with E-state index in [2.05, 4.69) is 18.8 Å². The van der Waals surface area contributed by atoms with Crippen molar-refractivity contribution in [3.63, 3.8) is 0 Å². The lowest BCUT2D eigenvalue weighted by Gasteiger charge is -2.20. The molecular formula is C12H17FN2O. The molecule has 0 bridgehead atoms. The van der Waals surface area contributed by atoms with Gasteiger partial charge in [0.25, 0.3) is 5.91 Å². The van der Waals surface area contributed by atoms with Crippen molar-refractivity contribution in [2.24, 2.45) is 5.92 Å². The van der Waals surface area contributed by atoms with Gasteiger partial charge in [-0.3, -0.25) is 4.79 Å². The third kappa shape index (κ3) is 3.29. The minimum absolute atomic E-state index is 0.158. The minimum Gasteiger partial charge on any atom is -0.340 e. The smallest absolute Gasteiger partial charge is 0.272 e. The SMILES string of the molecule is CCC(C)CN(C)C(=O)c1cccc(F)n1. The molecule has 1 unspecified atom stereocenters. The Balaban J connectivity index is 2.70. The Morgan fingerprint density at radius 1 is 1.56 bits per heavy atom. The number of nitrogens with zero attached hydrogens (tertiary/aromatic N) is 2. The molecule has 1 aromatic rings. The van der Waals surface area contributed by atoms with Crippen LogP contribution >= 0.6 is 0 Å². The minimum atomic E-state index is -0.622. The van der Waals surface area contributed by atoms with E-state index in [1.165, 1.54) is 18.2 Å². The Labute approximate surface area is 95.3 Å². The van der Waals surface area contributed by atoms with Crippen LogP contribution in [0.5, 0.6) is 0 Å². The molecule has 1 aromatic heterocycles. The molecule has 0 aliphatic heterocycles. The number of halogens is 1. The van der Waals surface area contributed by atoms with Gasteiger partial charge >= 0.3 is 0 Å². The first-order valence-corrected chi connectivity index (χ1v) is 5.42. The molecule has 0 aromatic carbocycles. The van der Waals surface area contributed by atoms with Crippen molar-refractivity contribution in [1.82, 2.24) is 9.88 Å². The maximum Gasteiger partial charge on any atom is 0.272 e. The fourth-order valence-electron chi connectivity index (χ4n) is 1.40. The molecular weight excluding hydrogens is 207 g/mol. The summed E-state index contributed by atoms with van der Waals surface area (Å²) in [4.78, 5) is 17.0. The van der Waals surface area contributed by atoms with E-state index in [0.717, 1.165) is 6.42 Å². The van der Waals surface area contributed by atoms with E-state index >= 15 is 0 Å². The van der Waals surface area contributed by atoms with Gasteiger partial charge in [0.1, 0.15) is 5.69 Å². The first kappa shape index (κ1) is 12.6. The van der Waals surface area contributed by atoms with Gasteiger partial charge in [0.05, 0.1) is 0 Å². The van der Waals surface area contributed by atoms with E-state index in [9.17, 15) is 9.18 Å². The Morgan fingerprint density at radius 2 is 2.25 bits per heavy atom. The number of hydrogen-bond acceptors (Lipinski definition) is 2. The summed E-state index contributed by atoms with van der Waals surface area (Å²) in [6.45, 7) is 4.81. The second kappa shape index (κ2) is 5.58. The van der Waals surface area contributed by atoms with Crippen LogP contribution < -0.4 is 0 Å². The molecule has 0 aliphatic rings. The molecule has 4 heteroatoms. The van der Waals surface area contributed by atoms with Gasteiger partial charge in [0, 0.05) is 13.6 Å². The normalized spacial score (nSPS) is 12.2. The fourth-order valence-corrected chi connectivity index (χ4v) is 1.40. The third-order valence-electron chi connectivity index (χ3n) is 2.56. The van der Waals surface area contributed by atoms with Crippen molar-refractivity contribution < 1.29 is 9.18 Å². The van der Waals surface area contributed by atoms with Crippen molar-refractivity contribution >= 4 is 5.91 Å². The monoisotopic (exact) mass is 224 g/mol. The fraction of sp³-hybridized carbons (Fsp3) is 0.500. The van der Waals surface area contributed by atoms with Gasteiger partial charge in [-0.25, -0.2) is 4.98 Å². The molecule has 16 heavy (non-hydrogen) atoms. The van der Waals surface area contributed by atoms with Crippen molar-refractivity contribution in [2.75, 3.05) is 13.6 Å². The van der Waals surface area contributed by atoms with E-state index in [-0.39, 0.29) is 11.6 Å². The Kier molecular flexibility index (Phi) is 4.40. The molecule has 0 aliphatic carbocycles. The number of carbonyl (C=O) groups is 1. The Morgan fingerprint density at radius 3 is 2.81 bits per heavy atom. The van der Waals surface area contributed by atoms with E-state index < -0.39 is 5.95 Å². The summed E-state index contributed by atoms with van der Waals surface area (Å²) in [6, 6.07) is 4.25. The molecule has 0 radical (unpaired) electrons. The number of aromatic nitrogens is 1. The second-order valence-electron chi connectivity index (χ2n) is 4.04. The lowest BCUT2D eigenvalue weighted by molar-refractivity contribution is 0.0768.